The van der Waals surface area contributed by atoms with Gasteiger partial charge in [0.15, 0.2) is 0 Å². The highest BCUT2D eigenvalue weighted by molar-refractivity contribution is 6.41. The first-order chi connectivity index (χ1) is 13.9. The quantitative estimate of drug-likeness (QED) is 0.350. The highest BCUT2D eigenvalue weighted by atomic mass is 35.5. The third kappa shape index (κ3) is 5.19. The van der Waals surface area contributed by atoms with Crippen molar-refractivity contribution in [1.29, 1.82) is 0 Å². The normalized spacial score (nSPS) is 10.6. The molecular formula is C22H20Cl2N2O3. The monoisotopic (exact) mass is 430 g/mol. The summed E-state index contributed by atoms with van der Waals surface area (Å²) in [6.45, 7) is 3.43. The maximum absolute atomic E-state index is 12.5. The number of carbonyl (C=O) groups is 2. The van der Waals surface area contributed by atoms with Crippen molar-refractivity contribution in [2.75, 3.05) is 10.6 Å². The number of benzene rings is 3. The molecule has 3 aromatic carbocycles. The van der Waals surface area contributed by atoms with E-state index in [0.717, 1.165) is 12.8 Å². The van der Waals surface area contributed by atoms with Crippen LogP contribution < -0.4 is 15.4 Å². The second-order valence-corrected chi connectivity index (χ2v) is 7.36. The lowest BCUT2D eigenvalue weighted by molar-refractivity contribution is -0.131. The van der Waals surface area contributed by atoms with Gasteiger partial charge in [-0.2, -0.15) is 0 Å². The van der Waals surface area contributed by atoms with Crippen LogP contribution in [0.1, 0.15) is 25.8 Å². The molecule has 0 saturated carbocycles. The summed E-state index contributed by atoms with van der Waals surface area (Å²) in [5.74, 6) is -0.116. The Kier molecular flexibility index (Phi) is 6.62. The van der Waals surface area contributed by atoms with Gasteiger partial charge in [-0.25, -0.2) is 4.79 Å². The van der Waals surface area contributed by atoms with Crippen LogP contribution in [0.25, 0.3) is 10.8 Å². The first kappa shape index (κ1) is 21.0. The van der Waals surface area contributed by atoms with Crippen LogP contribution in [0.5, 0.6) is 5.75 Å². The van der Waals surface area contributed by atoms with Crippen LogP contribution >= 0.6 is 23.2 Å². The first-order valence-corrected chi connectivity index (χ1v) is 9.90. The largest absolute Gasteiger partial charge is 0.427 e. The van der Waals surface area contributed by atoms with Crippen LogP contribution in [0, 0.1) is 0 Å². The van der Waals surface area contributed by atoms with Crippen molar-refractivity contribution >= 4 is 57.3 Å². The number of nitrogens with one attached hydrogen (secondary N) is 2. The smallest absolute Gasteiger partial charge is 0.323 e. The van der Waals surface area contributed by atoms with Crippen LogP contribution in [-0.4, -0.2) is 12.0 Å². The molecule has 29 heavy (non-hydrogen) atoms. The predicted molar refractivity (Wildman–Crippen MR) is 118 cm³/mol. The zero-order valence-electron chi connectivity index (χ0n) is 16.0. The molecule has 2 amide bonds. The molecule has 0 aromatic heterocycles. The van der Waals surface area contributed by atoms with Crippen molar-refractivity contribution in [1.82, 2.24) is 0 Å². The molecule has 2 N–H and O–H groups in total. The van der Waals surface area contributed by atoms with E-state index in [4.69, 9.17) is 27.9 Å². The number of ether oxygens (including phenoxy) is 1. The third-order valence-corrected chi connectivity index (χ3v) is 4.87. The molecule has 0 bridgehead atoms. The molecule has 0 saturated heterocycles. The zero-order valence-corrected chi connectivity index (χ0v) is 17.5. The average molecular weight is 431 g/mol. The molecular weight excluding hydrogens is 411 g/mol. The lowest BCUT2D eigenvalue weighted by Crippen LogP contribution is -2.19. The van der Waals surface area contributed by atoms with E-state index in [9.17, 15) is 9.59 Å². The highest BCUT2D eigenvalue weighted by Gasteiger charge is 2.14. The van der Waals surface area contributed by atoms with Crippen LogP contribution in [0.15, 0.2) is 48.5 Å². The molecule has 3 aromatic rings. The van der Waals surface area contributed by atoms with Gasteiger partial charge in [-0.3, -0.25) is 4.79 Å². The van der Waals surface area contributed by atoms with E-state index < -0.39 is 12.0 Å². The lowest BCUT2D eigenvalue weighted by atomic mass is 10.1. The number of rotatable bonds is 5. The summed E-state index contributed by atoms with van der Waals surface area (Å²) in [6.07, 6.45) is 2.05. The number of fused-ring (bicyclic) bond motifs is 1. The molecule has 0 aliphatic carbocycles. The molecule has 0 unspecified atom stereocenters. The van der Waals surface area contributed by atoms with Crippen LogP contribution in [0.4, 0.5) is 16.2 Å². The predicted octanol–water partition coefficient (Wildman–Crippen LogP) is 6.67. The molecule has 0 atom stereocenters. The molecule has 0 aliphatic heterocycles. The fraction of sp³-hybridized carbons (Fsp3) is 0.182. The molecule has 0 fully saturated rings. The van der Waals surface area contributed by atoms with E-state index in [-0.39, 0.29) is 5.02 Å². The fourth-order valence-corrected chi connectivity index (χ4v) is 3.59. The van der Waals surface area contributed by atoms with Gasteiger partial charge in [-0.15, -0.1) is 0 Å². The summed E-state index contributed by atoms with van der Waals surface area (Å²) in [5.41, 5.74) is 2.25. The topological polar surface area (TPSA) is 67.4 Å². The maximum Gasteiger partial charge on any atom is 0.323 e. The minimum atomic E-state index is -0.448. The number of hydrogen-bond acceptors (Lipinski definition) is 3. The number of esters is 1. The Morgan fingerprint density at radius 3 is 2.31 bits per heavy atom. The van der Waals surface area contributed by atoms with Gasteiger partial charge in [0.25, 0.3) is 0 Å². The van der Waals surface area contributed by atoms with Crippen LogP contribution in [0.3, 0.4) is 0 Å². The van der Waals surface area contributed by atoms with Gasteiger partial charge >= 0.3 is 12.0 Å². The Bertz CT molecular complexity index is 1070. The van der Waals surface area contributed by atoms with Crippen molar-refractivity contribution in [2.45, 2.75) is 26.7 Å². The Hall–Kier alpha value is -2.76. The number of hydrogen-bond donors (Lipinski definition) is 2. The number of amides is 2. The number of urea groups is 1. The van der Waals surface area contributed by atoms with Crippen molar-refractivity contribution in [3.8, 4) is 5.75 Å². The molecule has 3 rings (SSSR count). The van der Waals surface area contributed by atoms with Gasteiger partial charge in [0.05, 0.1) is 15.7 Å². The molecule has 7 heteroatoms. The SMILES string of the molecule is CCCc1ccc(NC(=O)Nc2c(Cl)cc(Cl)c3ccc(OC(C)=O)cc23)cc1. The second kappa shape index (κ2) is 9.16. The summed E-state index contributed by atoms with van der Waals surface area (Å²) < 4.78 is 5.14. The molecule has 0 spiro atoms. The van der Waals surface area contributed by atoms with E-state index in [1.807, 2.05) is 24.3 Å². The zero-order chi connectivity index (χ0) is 21.0. The van der Waals surface area contributed by atoms with E-state index in [1.54, 1.807) is 24.3 Å². The second-order valence-electron chi connectivity index (χ2n) is 6.54. The summed E-state index contributed by atoms with van der Waals surface area (Å²) in [7, 11) is 0. The third-order valence-electron chi connectivity index (χ3n) is 4.26. The molecule has 150 valence electrons. The number of carbonyl (C=O) groups excluding carboxylic acids is 2. The number of aryl methyl sites for hydroxylation is 1. The molecule has 0 radical (unpaired) electrons. The Balaban J connectivity index is 1.87. The van der Waals surface area contributed by atoms with Gasteiger partial charge in [0.1, 0.15) is 5.75 Å². The molecule has 0 aliphatic rings. The van der Waals surface area contributed by atoms with Gasteiger partial charge in [0.2, 0.25) is 0 Å². The van der Waals surface area contributed by atoms with Gasteiger partial charge < -0.3 is 15.4 Å². The van der Waals surface area contributed by atoms with Crippen LogP contribution in [-0.2, 0) is 11.2 Å². The number of anilines is 2. The molecule has 5 nitrogen and oxygen atoms in total. The van der Waals surface area contributed by atoms with Crippen molar-refractivity contribution in [3.63, 3.8) is 0 Å². The fourth-order valence-electron chi connectivity index (χ4n) is 3.00. The van der Waals surface area contributed by atoms with Gasteiger partial charge in [-0.1, -0.05) is 48.7 Å². The summed E-state index contributed by atoms with van der Waals surface area (Å²) in [5, 5.41) is 7.49. The lowest BCUT2D eigenvalue weighted by Gasteiger charge is -2.14. The van der Waals surface area contributed by atoms with Crippen molar-refractivity contribution in [2.24, 2.45) is 0 Å². The average Bonchev–Trinajstić information content (AvgIpc) is 2.66. The Labute approximate surface area is 179 Å². The minimum absolute atomic E-state index is 0.274. The van der Waals surface area contributed by atoms with E-state index >= 15 is 0 Å². The maximum atomic E-state index is 12.5. The Morgan fingerprint density at radius 1 is 0.931 bits per heavy atom. The standard InChI is InChI=1S/C22H20Cl2N2O3/c1-3-4-14-5-7-15(8-6-14)25-22(28)26-21-18-11-16(29-13(2)27)9-10-17(18)19(23)12-20(21)24/h5-12H,3-4H2,1-2H3,(H2,25,26,28). The minimum Gasteiger partial charge on any atom is -0.427 e. The van der Waals surface area contributed by atoms with Crippen molar-refractivity contribution < 1.29 is 14.3 Å². The van der Waals surface area contributed by atoms with Gasteiger partial charge in [-0.05, 0) is 48.4 Å². The summed E-state index contributed by atoms with van der Waals surface area (Å²) in [6, 6.07) is 13.7. The summed E-state index contributed by atoms with van der Waals surface area (Å²) >= 11 is 12.6. The van der Waals surface area contributed by atoms with Gasteiger partial charge in [0, 0.05) is 23.4 Å². The van der Waals surface area contributed by atoms with E-state index in [1.165, 1.54) is 12.5 Å². The van der Waals surface area contributed by atoms with Crippen LogP contribution in [0.2, 0.25) is 10.0 Å². The number of halogens is 2. The van der Waals surface area contributed by atoms with E-state index in [2.05, 4.69) is 17.6 Å². The summed E-state index contributed by atoms with van der Waals surface area (Å²) in [4.78, 5) is 23.8. The molecule has 0 heterocycles. The Morgan fingerprint density at radius 2 is 1.66 bits per heavy atom. The van der Waals surface area contributed by atoms with Crippen molar-refractivity contribution in [3.05, 3.63) is 64.1 Å². The highest BCUT2D eigenvalue weighted by Crippen LogP contribution is 2.38. The van der Waals surface area contributed by atoms with E-state index in [0.29, 0.717) is 32.9 Å². The first-order valence-electron chi connectivity index (χ1n) is 9.14.